The second kappa shape index (κ2) is 11.6. The molecule has 1 nitrogen and oxygen atoms in total. The zero-order chi connectivity index (χ0) is 23.6. The number of unbranched alkanes of at least 4 members (excludes halogenated alkanes) is 1. The zero-order valence-corrected chi connectivity index (χ0v) is 20.6. The second-order valence-electron chi connectivity index (χ2n) is 8.42. The lowest BCUT2D eigenvalue weighted by Gasteiger charge is -2.20. The molecule has 34 heavy (non-hydrogen) atoms. The van der Waals surface area contributed by atoms with Crippen LogP contribution in [-0.2, 0) is 4.57 Å². The van der Waals surface area contributed by atoms with Gasteiger partial charge in [-0.3, -0.25) is 0 Å². The molecule has 0 bridgehead atoms. The minimum atomic E-state index is -3.00. The highest BCUT2D eigenvalue weighted by atomic mass is 31.2. The third-order valence-corrected chi connectivity index (χ3v) is 8.76. The highest BCUT2D eigenvalue weighted by Gasteiger charge is 2.26. The lowest BCUT2D eigenvalue weighted by atomic mass is 9.93. The Balaban J connectivity index is 1.96. The first-order valence-electron chi connectivity index (χ1n) is 12.0. The van der Waals surface area contributed by atoms with Gasteiger partial charge in [0, 0.05) is 10.6 Å². The van der Waals surface area contributed by atoms with Gasteiger partial charge >= 0.3 is 0 Å². The fourth-order valence-corrected chi connectivity index (χ4v) is 6.68. The van der Waals surface area contributed by atoms with Crippen LogP contribution >= 0.6 is 7.14 Å². The van der Waals surface area contributed by atoms with E-state index in [0.717, 1.165) is 52.1 Å². The molecule has 0 aromatic heterocycles. The first-order chi connectivity index (χ1) is 16.7. The molecule has 0 amide bonds. The fourth-order valence-electron chi connectivity index (χ4n) is 4.15. The summed E-state index contributed by atoms with van der Waals surface area (Å²) in [5, 5.41) is 1.73. The molecule has 0 N–H and O–H groups in total. The Morgan fingerprint density at radius 2 is 1.15 bits per heavy atom. The number of benzene rings is 4. The summed E-state index contributed by atoms with van der Waals surface area (Å²) >= 11 is 0. The molecule has 0 unspecified atom stereocenters. The maximum atomic E-state index is 14.9. The number of hydrogen-bond acceptors (Lipinski definition) is 1. The topological polar surface area (TPSA) is 17.1 Å². The van der Waals surface area contributed by atoms with Crippen LogP contribution in [-0.4, -0.2) is 0 Å². The number of allylic oxidation sites excluding steroid dienone is 2. The highest BCUT2D eigenvalue weighted by molar-refractivity contribution is 7.81. The molecule has 0 atom stereocenters. The van der Waals surface area contributed by atoms with Gasteiger partial charge in [-0.05, 0) is 47.0 Å². The van der Waals surface area contributed by atoms with Gasteiger partial charge in [0.2, 0.25) is 0 Å². The number of hydrogen-bond donors (Lipinski definition) is 0. The van der Waals surface area contributed by atoms with Crippen LogP contribution in [0.2, 0.25) is 0 Å². The SMILES string of the molecule is CCCCC(=CP(=O)(c1ccccc1)c1ccccc1)C(=Cc1ccccc1)c1ccccc1. The molecule has 4 rings (SSSR count). The third-order valence-electron chi connectivity index (χ3n) is 5.96. The smallest absolute Gasteiger partial charge is 0.164 e. The van der Waals surface area contributed by atoms with Gasteiger partial charge in [0.05, 0.1) is 0 Å². The van der Waals surface area contributed by atoms with Gasteiger partial charge < -0.3 is 4.57 Å². The van der Waals surface area contributed by atoms with Crippen molar-refractivity contribution in [2.45, 2.75) is 26.2 Å². The van der Waals surface area contributed by atoms with Crippen molar-refractivity contribution in [1.82, 2.24) is 0 Å². The third kappa shape index (κ3) is 5.74. The monoisotopic (exact) mass is 462 g/mol. The van der Waals surface area contributed by atoms with Crippen LogP contribution in [0.25, 0.3) is 11.6 Å². The van der Waals surface area contributed by atoms with Crippen LogP contribution in [0.15, 0.2) is 133 Å². The molecule has 0 radical (unpaired) electrons. The Morgan fingerprint density at radius 1 is 0.676 bits per heavy atom. The second-order valence-corrected chi connectivity index (χ2v) is 11.0. The van der Waals surface area contributed by atoms with E-state index < -0.39 is 7.14 Å². The molecule has 0 spiro atoms. The van der Waals surface area contributed by atoms with Gasteiger partial charge in [0.1, 0.15) is 0 Å². The molecule has 0 aliphatic rings. The zero-order valence-electron chi connectivity index (χ0n) is 19.7. The van der Waals surface area contributed by atoms with Crippen molar-refractivity contribution < 1.29 is 4.57 Å². The van der Waals surface area contributed by atoms with Crippen molar-refractivity contribution in [1.29, 1.82) is 0 Å². The van der Waals surface area contributed by atoms with Crippen LogP contribution in [0.5, 0.6) is 0 Å². The summed E-state index contributed by atoms with van der Waals surface area (Å²) in [6.07, 6.45) is 5.21. The minimum Gasteiger partial charge on any atom is -0.309 e. The summed E-state index contributed by atoms with van der Waals surface area (Å²) in [5.74, 6) is 2.08. The largest absolute Gasteiger partial charge is 0.309 e. The maximum Gasteiger partial charge on any atom is 0.164 e. The molecule has 4 aromatic rings. The van der Waals surface area contributed by atoms with E-state index in [1.807, 2.05) is 72.8 Å². The maximum absolute atomic E-state index is 14.9. The summed E-state index contributed by atoms with van der Waals surface area (Å²) < 4.78 is 14.9. The average molecular weight is 463 g/mol. The summed E-state index contributed by atoms with van der Waals surface area (Å²) in [6.45, 7) is 2.20. The molecular weight excluding hydrogens is 431 g/mol. The number of rotatable bonds is 9. The molecule has 0 saturated carbocycles. The Kier molecular flexibility index (Phi) is 8.12. The van der Waals surface area contributed by atoms with E-state index in [1.54, 1.807) is 0 Å². The lowest BCUT2D eigenvalue weighted by Crippen LogP contribution is -2.14. The quantitative estimate of drug-likeness (QED) is 0.139. The van der Waals surface area contributed by atoms with Gasteiger partial charge in [0.15, 0.2) is 7.14 Å². The van der Waals surface area contributed by atoms with Gasteiger partial charge in [-0.2, -0.15) is 0 Å². The van der Waals surface area contributed by atoms with Crippen LogP contribution in [0.3, 0.4) is 0 Å². The predicted molar refractivity (Wildman–Crippen MR) is 148 cm³/mol. The van der Waals surface area contributed by atoms with Gasteiger partial charge in [-0.15, -0.1) is 0 Å². The van der Waals surface area contributed by atoms with Crippen molar-refractivity contribution in [2.24, 2.45) is 0 Å². The Hall–Kier alpha value is -3.41. The molecule has 0 fully saturated rings. The molecule has 2 heteroatoms. The standard InChI is InChI=1S/C32H31OP/c1-2-3-18-29(32(28-19-10-5-11-20-28)25-27-16-8-4-9-17-27)26-34(33,30-21-12-6-13-22-30)31-23-14-7-15-24-31/h4-17,19-26H,2-3,18H2,1H3. The van der Waals surface area contributed by atoms with Gasteiger partial charge in [-0.1, -0.05) is 135 Å². The molecule has 0 aliphatic carbocycles. The Bertz CT molecular complexity index is 1230. The van der Waals surface area contributed by atoms with Crippen molar-refractivity contribution in [3.05, 3.63) is 144 Å². The van der Waals surface area contributed by atoms with Crippen LogP contribution in [0.4, 0.5) is 0 Å². The molecule has 4 aromatic carbocycles. The van der Waals surface area contributed by atoms with Crippen LogP contribution in [0, 0.1) is 0 Å². The van der Waals surface area contributed by atoms with Crippen LogP contribution < -0.4 is 10.6 Å². The molecular formula is C32H31OP. The molecule has 0 heterocycles. The Morgan fingerprint density at radius 3 is 1.65 bits per heavy atom. The van der Waals surface area contributed by atoms with Gasteiger partial charge in [0.25, 0.3) is 0 Å². The lowest BCUT2D eigenvalue weighted by molar-refractivity contribution is 0.592. The average Bonchev–Trinajstić information content (AvgIpc) is 2.92. The minimum absolute atomic E-state index is 0.863. The first kappa shape index (κ1) is 23.7. The normalized spacial score (nSPS) is 12.5. The van der Waals surface area contributed by atoms with E-state index in [-0.39, 0.29) is 0 Å². The summed E-state index contributed by atoms with van der Waals surface area (Å²) in [7, 11) is -3.00. The van der Waals surface area contributed by atoms with E-state index in [2.05, 4.69) is 67.3 Å². The molecule has 170 valence electrons. The fraction of sp³-hybridized carbons (Fsp3) is 0.125. The molecule has 0 aliphatic heterocycles. The van der Waals surface area contributed by atoms with E-state index in [0.29, 0.717) is 0 Å². The van der Waals surface area contributed by atoms with Crippen molar-refractivity contribution in [3.63, 3.8) is 0 Å². The predicted octanol–water partition coefficient (Wildman–Crippen LogP) is 8.32. The van der Waals surface area contributed by atoms with E-state index >= 15 is 0 Å². The first-order valence-corrected chi connectivity index (χ1v) is 13.7. The summed E-state index contributed by atoms with van der Waals surface area (Å²) in [5.41, 5.74) is 4.54. The summed E-state index contributed by atoms with van der Waals surface area (Å²) in [6, 6.07) is 40.7. The van der Waals surface area contributed by atoms with E-state index in [1.165, 1.54) is 0 Å². The van der Waals surface area contributed by atoms with Crippen molar-refractivity contribution >= 4 is 29.4 Å². The summed E-state index contributed by atoms with van der Waals surface area (Å²) in [4.78, 5) is 0. The van der Waals surface area contributed by atoms with Crippen molar-refractivity contribution in [2.75, 3.05) is 0 Å². The highest BCUT2D eigenvalue weighted by Crippen LogP contribution is 2.48. The van der Waals surface area contributed by atoms with Gasteiger partial charge in [-0.25, -0.2) is 0 Å². The molecule has 0 saturated heterocycles. The van der Waals surface area contributed by atoms with E-state index in [9.17, 15) is 4.57 Å². The van der Waals surface area contributed by atoms with Crippen molar-refractivity contribution in [3.8, 4) is 0 Å². The van der Waals surface area contributed by atoms with E-state index in [4.69, 9.17) is 0 Å². The Labute approximate surface area is 203 Å². The van der Waals surface area contributed by atoms with Crippen LogP contribution in [0.1, 0.15) is 37.3 Å².